The van der Waals surface area contributed by atoms with E-state index in [1.54, 1.807) is 14.0 Å². The molecule has 2 N–H and O–H groups in total. The normalized spacial score (nSPS) is 19.5. The predicted octanol–water partition coefficient (Wildman–Crippen LogP) is 2.90. The molecule has 8 nitrogen and oxygen atoms in total. The second kappa shape index (κ2) is 8.69. The second-order valence-electron chi connectivity index (χ2n) is 6.34. The zero-order valence-corrected chi connectivity index (χ0v) is 17.9. The van der Waals surface area contributed by atoms with E-state index in [1.807, 2.05) is 4.90 Å². The summed E-state index contributed by atoms with van der Waals surface area (Å²) in [4.78, 5) is 33.9. The lowest BCUT2D eigenvalue weighted by atomic mass is 10.0. The van der Waals surface area contributed by atoms with Gasteiger partial charge in [0.25, 0.3) is 5.91 Å². The molecule has 0 spiro atoms. The van der Waals surface area contributed by atoms with Crippen molar-refractivity contribution in [1.82, 2.24) is 15.3 Å². The maximum atomic E-state index is 12.6. The zero-order valence-electron chi connectivity index (χ0n) is 15.5. The predicted molar refractivity (Wildman–Crippen MR) is 108 cm³/mol. The number of aromatic amines is 1. The van der Waals surface area contributed by atoms with Crippen LogP contribution in [0.15, 0.2) is 6.20 Å². The number of nitrogens with one attached hydrogen (secondary N) is 2. The number of amides is 1. The van der Waals surface area contributed by atoms with Gasteiger partial charge in [-0.15, -0.1) is 0 Å². The molecule has 3 rings (SSSR count). The number of aromatic nitrogens is 2. The lowest BCUT2D eigenvalue weighted by Gasteiger charge is -2.37. The number of H-pyrrole nitrogens is 1. The van der Waals surface area contributed by atoms with Gasteiger partial charge in [0.2, 0.25) is 0 Å². The maximum absolute atomic E-state index is 12.6. The maximum Gasteiger partial charge on any atom is 0.349 e. The highest BCUT2D eigenvalue weighted by Gasteiger charge is 2.33. The van der Waals surface area contributed by atoms with E-state index in [1.165, 1.54) is 24.6 Å². The van der Waals surface area contributed by atoms with Crippen molar-refractivity contribution in [3.63, 3.8) is 0 Å². The van der Waals surface area contributed by atoms with E-state index in [9.17, 15) is 9.59 Å². The molecular weight excluding hydrogens is 427 g/mol. The molecule has 1 fully saturated rings. The summed E-state index contributed by atoms with van der Waals surface area (Å²) in [5.74, 6) is -0.742. The van der Waals surface area contributed by atoms with Gasteiger partial charge in [-0.1, -0.05) is 34.5 Å². The van der Waals surface area contributed by atoms with E-state index >= 15 is 0 Å². The van der Waals surface area contributed by atoms with Crippen LogP contribution in [-0.4, -0.2) is 61.3 Å². The van der Waals surface area contributed by atoms with Crippen LogP contribution in [-0.2, 0) is 9.47 Å². The van der Waals surface area contributed by atoms with Crippen LogP contribution in [0.3, 0.4) is 0 Å². The van der Waals surface area contributed by atoms with Gasteiger partial charge in [-0.3, -0.25) is 4.79 Å². The van der Waals surface area contributed by atoms with Gasteiger partial charge in [0.1, 0.15) is 10.6 Å². The first-order chi connectivity index (χ1) is 13.3. The smallest absolute Gasteiger partial charge is 0.349 e. The number of esters is 1. The molecule has 0 saturated carbocycles. The number of nitrogens with zero attached hydrogens (tertiary/aromatic N) is 2. The summed E-state index contributed by atoms with van der Waals surface area (Å²) in [5.41, 5.74) is 0.879. The fraction of sp³-hybridized carbons (Fsp3) is 0.471. The van der Waals surface area contributed by atoms with Crippen LogP contribution in [0.4, 0.5) is 5.13 Å². The number of rotatable bonds is 5. The van der Waals surface area contributed by atoms with Crippen LogP contribution in [0, 0.1) is 6.92 Å². The van der Waals surface area contributed by atoms with Crippen molar-refractivity contribution >= 4 is 51.5 Å². The summed E-state index contributed by atoms with van der Waals surface area (Å²) in [6.45, 7) is 2.92. The Morgan fingerprint density at radius 2 is 2.11 bits per heavy atom. The monoisotopic (exact) mass is 446 g/mol. The van der Waals surface area contributed by atoms with Gasteiger partial charge in [-0.25, -0.2) is 9.78 Å². The molecule has 0 radical (unpaired) electrons. The van der Waals surface area contributed by atoms with Crippen LogP contribution in [0.5, 0.6) is 0 Å². The Labute approximate surface area is 176 Å². The number of anilines is 1. The fourth-order valence-corrected chi connectivity index (χ4v) is 4.35. The van der Waals surface area contributed by atoms with Crippen molar-refractivity contribution in [3.8, 4) is 0 Å². The Bertz CT molecular complexity index is 885. The number of carbonyl (C=O) groups excluding carboxylic acids is 2. The number of halogens is 2. The first kappa shape index (κ1) is 20.9. The first-order valence-electron chi connectivity index (χ1n) is 8.52. The molecule has 28 heavy (non-hydrogen) atoms. The Balaban J connectivity index is 1.67. The van der Waals surface area contributed by atoms with E-state index < -0.39 is 5.97 Å². The number of piperidine rings is 1. The molecule has 0 bridgehead atoms. The lowest BCUT2D eigenvalue weighted by molar-refractivity contribution is 0.0540. The molecule has 1 aliphatic heterocycles. The van der Waals surface area contributed by atoms with Crippen LogP contribution in [0.25, 0.3) is 0 Å². The van der Waals surface area contributed by atoms with Crippen molar-refractivity contribution in [2.75, 3.05) is 32.2 Å². The van der Waals surface area contributed by atoms with E-state index in [-0.39, 0.29) is 28.8 Å². The van der Waals surface area contributed by atoms with E-state index in [0.29, 0.717) is 40.2 Å². The molecule has 3 heterocycles. The number of methoxy groups -OCH3 is 2. The number of hydrogen-bond acceptors (Lipinski definition) is 7. The summed E-state index contributed by atoms with van der Waals surface area (Å²) in [6.07, 6.45) is 1.89. The minimum absolute atomic E-state index is 0.202. The van der Waals surface area contributed by atoms with Gasteiger partial charge in [0.15, 0.2) is 5.13 Å². The average molecular weight is 447 g/mol. The third kappa shape index (κ3) is 4.12. The van der Waals surface area contributed by atoms with Crippen molar-refractivity contribution in [2.45, 2.75) is 25.5 Å². The molecule has 1 aliphatic rings. The highest BCUT2D eigenvalue weighted by atomic mass is 35.5. The summed E-state index contributed by atoms with van der Waals surface area (Å²) in [5, 5.41) is 4.23. The van der Waals surface area contributed by atoms with Crippen molar-refractivity contribution in [3.05, 3.63) is 32.5 Å². The number of hydrogen-bond donors (Lipinski definition) is 2. The van der Waals surface area contributed by atoms with Crippen LogP contribution < -0.4 is 10.2 Å². The molecule has 152 valence electrons. The van der Waals surface area contributed by atoms with Crippen LogP contribution in [0.1, 0.15) is 32.3 Å². The summed E-state index contributed by atoms with van der Waals surface area (Å²) >= 11 is 13.4. The van der Waals surface area contributed by atoms with Crippen molar-refractivity contribution in [1.29, 1.82) is 0 Å². The minimum atomic E-state index is -0.411. The van der Waals surface area contributed by atoms with E-state index in [2.05, 4.69) is 15.3 Å². The summed E-state index contributed by atoms with van der Waals surface area (Å²) in [7, 11) is 2.93. The van der Waals surface area contributed by atoms with Gasteiger partial charge in [-0.2, -0.15) is 0 Å². The van der Waals surface area contributed by atoms with Crippen LogP contribution >= 0.6 is 34.5 Å². The minimum Gasteiger partial charge on any atom is -0.465 e. The Morgan fingerprint density at radius 1 is 1.36 bits per heavy atom. The molecule has 2 atom stereocenters. The topological polar surface area (TPSA) is 96.5 Å². The number of thiazole rings is 1. The standard InChI is InChI=1S/C17H20Cl2N4O4S/c1-8-12(18)13(19)14(21-8)15(24)22-9-4-5-23(7-10(9)26-2)17-20-6-11(28-17)16(25)27-3/h6,9-10,21H,4-5,7H2,1-3H3,(H,22,24)/t9-,10+/m0/s1. The third-order valence-corrected chi connectivity index (χ3v) is 6.60. The summed E-state index contributed by atoms with van der Waals surface area (Å²) < 4.78 is 10.3. The average Bonchev–Trinajstić information content (AvgIpc) is 3.29. The lowest BCUT2D eigenvalue weighted by Crippen LogP contribution is -2.55. The van der Waals surface area contributed by atoms with Gasteiger partial charge in [0.05, 0.1) is 35.5 Å². The molecule has 11 heteroatoms. The second-order valence-corrected chi connectivity index (χ2v) is 8.11. The van der Waals surface area contributed by atoms with Crippen molar-refractivity contribution in [2.24, 2.45) is 0 Å². The largest absolute Gasteiger partial charge is 0.465 e. The molecule has 1 saturated heterocycles. The highest BCUT2D eigenvalue weighted by Crippen LogP contribution is 2.30. The van der Waals surface area contributed by atoms with Gasteiger partial charge in [-0.05, 0) is 13.3 Å². The van der Waals surface area contributed by atoms with Crippen LogP contribution in [0.2, 0.25) is 10.0 Å². The number of carbonyl (C=O) groups is 2. The highest BCUT2D eigenvalue weighted by molar-refractivity contribution is 7.17. The molecular formula is C17H20Cl2N4O4S. The Morgan fingerprint density at radius 3 is 2.71 bits per heavy atom. The zero-order chi connectivity index (χ0) is 20.4. The summed E-state index contributed by atoms with van der Waals surface area (Å²) in [6, 6.07) is -0.202. The SMILES string of the molecule is COC(=O)c1cnc(N2CC[C@H](NC(=O)c3[nH]c(C)c(Cl)c3Cl)[C@H](OC)C2)s1. The molecule has 0 aromatic carbocycles. The Hall–Kier alpha value is -1.81. The molecule has 2 aromatic rings. The van der Waals surface area contributed by atoms with Gasteiger partial charge < -0.3 is 24.7 Å². The number of ether oxygens (including phenoxy) is 2. The Kier molecular flexibility index (Phi) is 6.49. The van der Waals surface area contributed by atoms with Crippen molar-refractivity contribution < 1.29 is 19.1 Å². The number of aryl methyl sites for hydroxylation is 1. The quantitative estimate of drug-likeness (QED) is 0.685. The van der Waals surface area contributed by atoms with E-state index in [0.717, 1.165) is 0 Å². The first-order valence-corrected chi connectivity index (χ1v) is 10.1. The fourth-order valence-electron chi connectivity index (χ4n) is 3.07. The molecule has 2 aromatic heterocycles. The molecule has 0 unspecified atom stereocenters. The third-order valence-electron chi connectivity index (χ3n) is 4.61. The van der Waals surface area contributed by atoms with Gasteiger partial charge >= 0.3 is 5.97 Å². The molecule has 0 aliphatic carbocycles. The molecule has 1 amide bonds. The van der Waals surface area contributed by atoms with E-state index in [4.69, 9.17) is 32.7 Å². The van der Waals surface area contributed by atoms with Gasteiger partial charge in [0, 0.05) is 25.9 Å².